The van der Waals surface area contributed by atoms with Crippen molar-refractivity contribution in [2.45, 2.75) is 13.8 Å². The quantitative estimate of drug-likeness (QED) is 0.656. The van der Waals surface area contributed by atoms with Gasteiger partial charge < -0.3 is 15.4 Å². The van der Waals surface area contributed by atoms with Crippen LogP contribution in [0.25, 0.3) is 0 Å². The van der Waals surface area contributed by atoms with Crippen molar-refractivity contribution in [3.8, 4) is 5.75 Å². The van der Waals surface area contributed by atoms with Gasteiger partial charge in [-0.05, 0) is 43.7 Å². The van der Waals surface area contributed by atoms with E-state index in [4.69, 9.17) is 16.3 Å². The third-order valence-electron chi connectivity index (χ3n) is 3.67. The van der Waals surface area contributed by atoms with Crippen LogP contribution in [0.2, 0.25) is 5.02 Å². The molecule has 0 aliphatic rings. The van der Waals surface area contributed by atoms with Crippen LogP contribution in [0, 0.1) is 13.8 Å². The highest BCUT2D eigenvalue weighted by molar-refractivity contribution is 6.30. The molecular weight excluding hydrogens is 336 g/mol. The van der Waals surface area contributed by atoms with E-state index < -0.39 is 0 Å². The lowest BCUT2D eigenvalue weighted by molar-refractivity contribution is 0.417. The summed E-state index contributed by atoms with van der Waals surface area (Å²) >= 11 is 6.09. The zero-order valence-corrected chi connectivity index (χ0v) is 15.1. The number of halogens is 1. The van der Waals surface area contributed by atoms with Gasteiger partial charge in [0.1, 0.15) is 11.6 Å². The van der Waals surface area contributed by atoms with Crippen molar-refractivity contribution in [3.63, 3.8) is 0 Å². The van der Waals surface area contributed by atoms with E-state index in [2.05, 4.69) is 20.6 Å². The third kappa shape index (κ3) is 4.19. The number of hydrogen-bond donors (Lipinski definition) is 2. The molecule has 0 spiro atoms. The molecular formula is C19H19ClN4O. The summed E-state index contributed by atoms with van der Waals surface area (Å²) in [6, 6.07) is 15.2. The maximum atomic E-state index is 6.09. The molecule has 25 heavy (non-hydrogen) atoms. The molecule has 0 fully saturated rings. The van der Waals surface area contributed by atoms with Crippen LogP contribution < -0.4 is 15.4 Å². The second-order valence-corrected chi connectivity index (χ2v) is 6.06. The Kier molecular flexibility index (Phi) is 5.05. The molecule has 0 saturated heterocycles. The van der Waals surface area contributed by atoms with Gasteiger partial charge in [0.2, 0.25) is 5.95 Å². The Morgan fingerprint density at radius 3 is 2.52 bits per heavy atom. The molecule has 0 unspecified atom stereocenters. The number of methoxy groups -OCH3 is 1. The largest absolute Gasteiger partial charge is 0.495 e. The number of aryl methyl sites for hydroxylation is 2. The molecule has 2 aromatic carbocycles. The van der Waals surface area contributed by atoms with E-state index in [0.717, 1.165) is 28.4 Å². The molecule has 6 heteroatoms. The van der Waals surface area contributed by atoms with Crippen LogP contribution in [-0.4, -0.2) is 17.1 Å². The molecule has 0 aliphatic carbocycles. The van der Waals surface area contributed by atoms with Crippen molar-refractivity contribution in [1.29, 1.82) is 0 Å². The fourth-order valence-corrected chi connectivity index (χ4v) is 2.60. The Balaban J connectivity index is 1.89. The average Bonchev–Trinajstić information content (AvgIpc) is 2.58. The van der Waals surface area contributed by atoms with Crippen LogP contribution >= 0.6 is 11.6 Å². The van der Waals surface area contributed by atoms with Crippen LogP contribution in [0.3, 0.4) is 0 Å². The standard InChI is InChI=1S/C19H19ClN4O/c1-12-8-9-14(20)11-16(12)22-18-10-13(2)21-19(24-18)23-15-6-4-5-7-17(15)25-3/h4-11H,1-3H3,(H2,21,22,23,24). The van der Waals surface area contributed by atoms with Gasteiger partial charge in [-0.25, -0.2) is 4.98 Å². The van der Waals surface area contributed by atoms with Crippen molar-refractivity contribution in [3.05, 3.63) is 64.8 Å². The summed E-state index contributed by atoms with van der Waals surface area (Å²) in [5, 5.41) is 7.18. The highest BCUT2D eigenvalue weighted by Gasteiger charge is 2.08. The predicted molar refractivity (Wildman–Crippen MR) is 103 cm³/mol. The molecule has 0 aliphatic heterocycles. The number of nitrogens with zero attached hydrogens (tertiary/aromatic N) is 2. The smallest absolute Gasteiger partial charge is 0.229 e. The molecule has 3 aromatic rings. The van der Waals surface area contributed by atoms with Crippen LogP contribution in [0.1, 0.15) is 11.3 Å². The van der Waals surface area contributed by atoms with E-state index in [-0.39, 0.29) is 0 Å². The van der Waals surface area contributed by atoms with Crippen molar-refractivity contribution >= 4 is 34.7 Å². The first-order chi connectivity index (χ1) is 12.0. The maximum Gasteiger partial charge on any atom is 0.229 e. The molecule has 2 N–H and O–H groups in total. The number of nitrogens with one attached hydrogen (secondary N) is 2. The zero-order valence-electron chi connectivity index (χ0n) is 14.3. The lowest BCUT2D eigenvalue weighted by Gasteiger charge is -2.13. The summed E-state index contributed by atoms with van der Waals surface area (Å²) in [5.74, 6) is 1.91. The monoisotopic (exact) mass is 354 g/mol. The molecule has 0 radical (unpaired) electrons. The summed E-state index contributed by atoms with van der Waals surface area (Å²) < 4.78 is 5.35. The summed E-state index contributed by atoms with van der Waals surface area (Å²) in [6.45, 7) is 3.94. The number of rotatable bonds is 5. The topological polar surface area (TPSA) is 59.1 Å². The van der Waals surface area contributed by atoms with E-state index in [1.54, 1.807) is 7.11 Å². The highest BCUT2D eigenvalue weighted by Crippen LogP contribution is 2.27. The maximum absolute atomic E-state index is 6.09. The summed E-state index contributed by atoms with van der Waals surface area (Å²) in [7, 11) is 1.63. The fraction of sp³-hybridized carbons (Fsp3) is 0.158. The molecule has 3 rings (SSSR count). The van der Waals surface area contributed by atoms with Gasteiger partial charge in [-0.15, -0.1) is 0 Å². The van der Waals surface area contributed by atoms with Gasteiger partial charge in [0, 0.05) is 22.5 Å². The van der Waals surface area contributed by atoms with Crippen molar-refractivity contribution in [2.75, 3.05) is 17.7 Å². The van der Waals surface area contributed by atoms with E-state index in [1.807, 2.05) is 62.4 Å². The number of benzene rings is 2. The van der Waals surface area contributed by atoms with E-state index in [9.17, 15) is 0 Å². The fourth-order valence-electron chi connectivity index (χ4n) is 2.42. The van der Waals surface area contributed by atoms with Crippen LogP contribution in [-0.2, 0) is 0 Å². The van der Waals surface area contributed by atoms with Gasteiger partial charge in [0.15, 0.2) is 0 Å². The second-order valence-electron chi connectivity index (χ2n) is 5.63. The Morgan fingerprint density at radius 1 is 0.920 bits per heavy atom. The minimum atomic E-state index is 0.492. The van der Waals surface area contributed by atoms with Gasteiger partial charge in [-0.3, -0.25) is 0 Å². The Morgan fingerprint density at radius 2 is 1.72 bits per heavy atom. The molecule has 1 aromatic heterocycles. The Labute approximate surface area is 152 Å². The zero-order chi connectivity index (χ0) is 17.8. The summed E-state index contributed by atoms with van der Waals surface area (Å²) in [6.07, 6.45) is 0. The number of para-hydroxylation sites is 2. The van der Waals surface area contributed by atoms with Crippen LogP contribution in [0.4, 0.5) is 23.1 Å². The average molecular weight is 355 g/mol. The van der Waals surface area contributed by atoms with E-state index in [1.165, 1.54) is 0 Å². The minimum absolute atomic E-state index is 0.492. The van der Waals surface area contributed by atoms with Crippen molar-refractivity contribution in [1.82, 2.24) is 9.97 Å². The first-order valence-electron chi connectivity index (χ1n) is 7.84. The van der Waals surface area contributed by atoms with Crippen molar-refractivity contribution < 1.29 is 4.74 Å². The molecule has 0 bridgehead atoms. The SMILES string of the molecule is COc1ccccc1Nc1nc(C)cc(Nc2cc(Cl)ccc2C)n1. The van der Waals surface area contributed by atoms with E-state index >= 15 is 0 Å². The minimum Gasteiger partial charge on any atom is -0.495 e. The van der Waals surface area contributed by atoms with Crippen LogP contribution in [0.15, 0.2) is 48.5 Å². The van der Waals surface area contributed by atoms with Gasteiger partial charge >= 0.3 is 0 Å². The second kappa shape index (κ2) is 7.40. The lowest BCUT2D eigenvalue weighted by Crippen LogP contribution is -2.03. The highest BCUT2D eigenvalue weighted by atomic mass is 35.5. The Hall–Kier alpha value is -2.79. The normalized spacial score (nSPS) is 10.4. The van der Waals surface area contributed by atoms with Gasteiger partial charge in [-0.1, -0.05) is 29.8 Å². The summed E-state index contributed by atoms with van der Waals surface area (Å²) in [5.41, 5.74) is 3.64. The first-order valence-corrected chi connectivity index (χ1v) is 8.22. The molecule has 1 heterocycles. The number of hydrogen-bond acceptors (Lipinski definition) is 5. The summed E-state index contributed by atoms with van der Waals surface area (Å²) in [4.78, 5) is 8.98. The molecule has 5 nitrogen and oxygen atoms in total. The molecule has 128 valence electrons. The van der Waals surface area contributed by atoms with Gasteiger partial charge in [0.05, 0.1) is 12.8 Å². The number of aromatic nitrogens is 2. The predicted octanol–water partition coefficient (Wildman–Crippen LogP) is 5.24. The third-order valence-corrected chi connectivity index (χ3v) is 3.91. The molecule has 0 atom stereocenters. The number of ether oxygens (including phenoxy) is 1. The van der Waals surface area contributed by atoms with E-state index in [0.29, 0.717) is 16.8 Å². The molecule has 0 amide bonds. The van der Waals surface area contributed by atoms with Crippen LogP contribution in [0.5, 0.6) is 5.75 Å². The molecule has 0 saturated carbocycles. The number of anilines is 4. The lowest BCUT2D eigenvalue weighted by atomic mass is 10.2. The van der Waals surface area contributed by atoms with Gasteiger partial charge in [-0.2, -0.15) is 4.98 Å². The van der Waals surface area contributed by atoms with Gasteiger partial charge in [0.25, 0.3) is 0 Å². The first kappa shape index (κ1) is 17.0. The van der Waals surface area contributed by atoms with Crippen molar-refractivity contribution in [2.24, 2.45) is 0 Å². The Bertz CT molecular complexity index is 898.